The number of nitrogens with one attached hydrogen (secondary N) is 2. The quantitative estimate of drug-likeness (QED) is 0.758. The normalized spacial score (nSPS) is 12.0. The van der Waals surface area contributed by atoms with Crippen LogP contribution < -0.4 is 10.6 Å². The lowest BCUT2D eigenvalue weighted by Gasteiger charge is -2.17. The molecule has 1 aromatic rings. The maximum absolute atomic E-state index is 11.8. The van der Waals surface area contributed by atoms with Crippen molar-refractivity contribution in [1.82, 2.24) is 5.32 Å². The topological polar surface area (TPSA) is 50.4 Å². The highest BCUT2D eigenvalue weighted by Gasteiger charge is 2.12. The minimum absolute atomic E-state index is 0.0204. The number of aryl methyl sites for hydroxylation is 1. The van der Waals surface area contributed by atoms with Crippen LogP contribution >= 0.6 is 0 Å². The Bertz CT molecular complexity index is 405. The average molecular weight is 250 g/mol. The van der Waals surface area contributed by atoms with Crippen LogP contribution in [0, 0.1) is 13.8 Å². The monoisotopic (exact) mass is 250 g/mol. The van der Waals surface area contributed by atoms with E-state index in [4.69, 9.17) is 4.74 Å². The van der Waals surface area contributed by atoms with E-state index in [0.29, 0.717) is 13.2 Å². The lowest BCUT2D eigenvalue weighted by atomic mass is 10.1. The lowest BCUT2D eigenvalue weighted by Crippen LogP contribution is -2.39. The Morgan fingerprint density at radius 1 is 1.39 bits per heavy atom. The molecule has 0 saturated heterocycles. The van der Waals surface area contributed by atoms with Crippen LogP contribution in [0.5, 0.6) is 0 Å². The third-order valence-electron chi connectivity index (χ3n) is 2.98. The van der Waals surface area contributed by atoms with E-state index >= 15 is 0 Å². The molecule has 1 amide bonds. The smallest absolute Gasteiger partial charge is 0.242 e. The third-order valence-corrected chi connectivity index (χ3v) is 2.98. The van der Waals surface area contributed by atoms with Crippen molar-refractivity contribution >= 4 is 11.6 Å². The van der Waals surface area contributed by atoms with Gasteiger partial charge in [-0.05, 0) is 38.0 Å². The van der Waals surface area contributed by atoms with Gasteiger partial charge in [0.1, 0.15) is 6.04 Å². The molecule has 1 rings (SSSR count). The molecule has 2 N–H and O–H groups in total. The largest absolute Gasteiger partial charge is 0.383 e. The zero-order valence-corrected chi connectivity index (χ0v) is 11.5. The molecule has 0 aromatic heterocycles. The summed E-state index contributed by atoms with van der Waals surface area (Å²) in [6.07, 6.45) is 0. The lowest BCUT2D eigenvalue weighted by molar-refractivity contribution is -0.121. The number of carbonyl (C=O) groups is 1. The molecule has 0 fully saturated rings. The minimum Gasteiger partial charge on any atom is -0.383 e. The number of benzene rings is 1. The number of ether oxygens (including phenoxy) is 1. The first-order valence-corrected chi connectivity index (χ1v) is 6.15. The summed E-state index contributed by atoms with van der Waals surface area (Å²) in [5.41, 5.74) is 3.39. The van der Waals surface area contributed by atoms with Crippen LogP contribution in [-0.2, 0) is 9.53 Å². The molecule has 0 aliphatic carbocycles. The molecule has 4 heteroatoms. The van der Waals surface area contributed by atoms with E-state index in [-0.39, 0.29) is 11.9 Å². The standard InChI is InChI=1S/C14H22N2O2/c1-10-6-5-7-13(11(10)2)16-12(3)14(17)15-8-9-18-4/h5-7,12,16H,8-9H2,1-4H3,(H,15,17). The van der Waals surface area contributed by atoms with Crippen molar-refractivity contribution in [3.05, 3.63) is 29.3 Å². The molecule has 0 radical (unpaired) electrons. The SMILES string of the molecule is COCCNC(=O)C(C)Nc1cccc(C)c1C. The molecule has 0 aliphatic rings. The van der Waals surface area contributed by atoms with Crippen LogP contribution in [-0.4, -0.2) is 32.2 Å². The van der Waals surface area contributed by atoms with Crippen LogP contribution in [0.25, 0.3) is 0 Å². The molecule has 0 heterocycles. The number of methoxy groups -OCH3 is 1. The molecule has 0 bridgehead atoms. The van der Waals surface area contributed by atoms with Crippen molar-refractivity contribution in [3.8, 4) is 0 Å². The van der Waals surface area contributed by atoms with E-state index in [1.807, 2.05) is 26.0 Å². The minimum atomic E-state index is -0.262. The summed E-state index contributed by atoms with van der Waals surface area (Å²) in [5.74, 6) is -0.0204. The Hall–Kier alpha value is -1.55. The zero-order chi connectivity index (χ0) is 13.5. The van der Waals surface area contributed by atoms with Gasteiger partial charge in [0.15, 0.2) is 0 Å². The predicted octanol–water partition coefficient (Wildman–Crippen LogP) is 1.87. The average Bonchev–Trinajstić information content (AvgIpc) is 2.35. The Morgan fingerprint density at radius 3 is 2.78 bits per heavy atom. The highest BCUT2D eigenvalue weighted by Crippen LogP contribution is 2.18. The number of anilines is 1. The van der Waals surface area contributed by atoms with Crippen molar-refractivity contribution in [3.63, 3.8) is 0 Å². The Morgan fingerprint density at radius 2 is 2.11 bits per heavy atom. The molecular weight excluding hydrogens is 228 g/mol. The van der Waals surface area contributed by atoms with Gasteiger partial charge in [0.25, 0.3) is 0 Å². The summed E-state index contributed by atoms with van der Waals surface area (Å²) < 4.78 is 4.89. The highest BCUT2D eigenvalue weighted by atomic mass is 16.5. The van der Waals surface area contributed by atoms with Gasteiger partial charge in [0, 0.05) is 19.3 Å². The molecular formula is C14H22N2O2. The summed E-state index contributed by atoms with van der Waals surface area (Å²) in [7, 11) is 1.62. The molecule has 1 unspecified atom stereocenters. The molecule has 1 atom stereocenters. The van der Waals surface area contributed by atoms with Crippen LogP contribution in [0.3, 0.4) is 0 Å². The van der Waals surface area contributed by atoms with Gasteiger partial charge in [-0.15, -0.1) is 0 Å². The first kappa shape index (κ1) is 14.5. The second kappa shape index (κ2) is 7.01. The Balaban J connectivity index is 2.56. The Kier molecular flexibility index (Phi) is 5.65. The molecule has 4 nitrogen and oxygen atoms in total. The molecule has 0 spiro atoms. The van der Waals surface area contributed by atoms with Gasteiger partial charge in [-0.2, -0.15) is 0 Å². The third kappa shape index (κ3) is 4.04. The van der Waals surface area contributed by atoms with E-state index < -0.39 is 0 Å². The van der Waals surface area contributed by atoms with E-state index in [0.717, 1.165) is 5.69 Å². The predicted molar refractivity (Wildman–Crippen MR) is 73.9 cm³/mol. The van der Waals surface area contributed by atoms with Gasteiger partial charge in [0.05, 0.1) is 6.61 Å². The van der Waals surface area contributed by atoms with Gasteiger partial charge >= 0.3 is 0 Å². The van der Waals surface area contributed by atoms with Gasteiger partial charge < -0.3 is 15.4 Å². The van der Waals surface area contributed by atoms with Crippen molar-refractivity contribution in [2.45, 2.75) is 26.8 Å². The highest BCUT2D eigenvalue weighted by molar-refractivity contribution is 5.84. The first-order valence-electron chi connectivity index (χ1n) is 6.15. The van der Waals surface area contributed by atoms with Crippen molar-refractivity contribution in [1.29, 1.82) is 0 Å². The second-order valence-electron chi connectivity index (χ2n) is 4.40. The Labute approximate surface area is 109 Å². The summed E-state index contributed by atoms with van der Waals surface area (Å²) in [6.45, 7) is 7.02. The zero-order valence-electron chi connectivity index (χ0n) is 11.5. The van der Waals surface area contributed by atoms with Crippen molar-refractivity contribution in [2.24, 2.45) is 0 Å². The fourth-order valence-electron chi connectivity index (χ4n) is 1.64. The van der Waals surface area contributed by atoms with Gasteiger partial charge in [-0.25, -0.2) is 0 Å². The summed E-state index contributed by atoms with van der Waals surface area (Å²) in [5, 5.41) is 6.04. The molecule has 0 aliphatic heterocycles. The molecule has 100 valence electrons. The molecule has 0 saturated carbocycles. The maximum Gasteiger partial charge on any atom is 0.242 e. The fourth-order valence-corrected chi connectivity index (χ4v) is 1.64. The number of hydrogen-bond donors (Lipinski definition) is 2. The number of carbonyl (C=O) groups excluding carboxylic acids is 1. The van der Waals surface area contributed by atoms with Crippen molar-refractivity contribution in [2.75, 3.05) is 25.6 Å². The summed E-state index contributed by atoms with van der Waals surface area (Å²) in [6, 6.07) is 5.77. The van der Waals surface area contributed by atoms with Gasteiger partial charge in [-0.3, -0.25) is 4.79 Å². The number of hydrogen-bond acceptors (Lipinski definition) is 3. The second-order valence-corrected chi connectivity index (χ2v) is 4.40. The fraction of sp³-hybridized carbons (Fsp3) is 0.500. The van der Waals surface area contributed by atoms with Crippen LogP contribution in [0.2, 0.25) is 0 Å². The van der Waals surface area contributed by atoms with Gasteiger partial charge in [0.2, 0.25) is 5.91 Å². The van der Waals surface area contributed by atoms with Crippen LogP contribution in [0.1, 0.15) is 18.1 Å². The van der Waals surface area contributed by atoms with E-state index in [1.165, 1.54) is 11.1 Å². The molecule has 18 heavy (non-hydrogen) atoms. The number of rotatable bonds is 6. The van der Waals surface area contributed by atoms with Crippen LogP contribution in [0.4, 0.5) is 5.69 Å². The van der Waals surface area contributed by atoms with E-state index in [9.17, 15) is 4.79 Å². The van der Waals surface area contributed by atoms with Gasteiger partial charge in [-0.1, -0.05) is 12.1 Å². The van der Waals surface area contributed by atoms with Crippen molar-refractivity contribution < 1.29 is 9.53 Å². The maximum atomic E-state index is 11.8. The first-order chi connectivity index (χ1) is 8.56. The number of amides is 1. The van der Waals surface area contributed by atoms with Crippen LogP contribution in [0.15, 0.2) is 18.2 Å². The molecule has 1 aromatic carbocycles. The summed E-state index contributed by atoms with van der Waals surface area (Å²) >= 11 is 0. The van der Waals surface area contributed by atoms with E-state index in [2.05, 4.69) is 23.6 Å². The van der Waals surface area contributed by atoms with E-state index in [1.54, 1.807) is 7.11 Å². The summed E-state index contributed by atoms with van der Waals surface area (Å²) in [4.78, 5) is 11.8.